The number of benzene rings is 1. The van der Waals surface area contributed by atoms with E-state index in [4.69, 9.17) is 4.42 Å². The predicted molar refractivity (Wildman–Crippen MR) is 88.8 cm³/mol. The van der Waals surface area contributed by atoms with Crippen molar-refractivity contribution in [2.75, 3.05) is 24.2 Å². The fourth-order valence-electron chi connectivity index (χ4n) is 1.84. The van der Waals surface area contributed by atoms with Crippen LogP contribution in [0.2, 0.25) is 0 Å². The number of anilines is 2. The van der Waals surface area contributed by atoms with E-state index >= 15 is 0 Å². The van der Waals surface area contributed by atoms with Gasteiger partial charge in [-0.15, -0.1) is 0 Å². The third-order valence-electron chi connectivity index (χ3n) is 3.07. The second-order valence-electron chi connectivity index (χ2n) is 4.85. The zero-order chi connectivity index (χ0) is 17.4. The monoisotopic (exact) mass is 330 g/mol. The van der Waals surface area contributed by atoms with Gasteiger partial charge < -0.3 is 25.7 Å². The Morgan fingerprint density at radius 3 is 2.25 bits per heavy atom. The first-order valence-corrected chi connectivity index (χ1v) is 7.27. The van der Waals surface area contributed by atoms with Gasteiger partial charge in [-0.3, -0.25) is 9.59 Å². The van der Waals surface area contributed by atoms with Crippen molar-refractivity contribution in [3.63, 3.8) is 0 Å². The maximum Gasteiger partial charge on any atom is 0.318 e. The minimum absolute atomic E-state index is 0.141. The predicted octanol–water partition coefficient (Wildman–Crippen LogP) is 1.79. The first kappa shape index (κ1) is 17.1. The summed E-state index contributed by atoms with van der Waals surface area (Å²) < 4.78 is 4.81. The van der Waals surface area contributed by atoms with Gasteiger partial charge >= 0.3 is 6.03 Å². The molecule has 0 saturated heterocycles. The summed E-state index contributed by atoms with van der Waals surface area (Å²) in [6, 6.07) is 7.92. The van der Waals surface area contributed by atoms with Crippen molar-refractivity contribution in [3.8, 4) is 0 Å². The Hall–Kier alpha value is -3.29. The molecule has 1 aromatic carbocycles. The van der Waals surface area contributed by atoms with Crippen LogP contribution in [0.5, 0.6) is 0 Å². The average molecular weight is 330 g/mol. The van der Waals surface area contributed by atoms with Crippen LogP contribution in [-0.2, 0) is 4.79 Å². The molecule has 24 heavy (non-hydrogen) atoms. The Morgan fingerprint density at radius 2 is 1.67 bits per heavy atom. The van der Waals surface area contributed by atoms with E-state index in [2.05, 4.69) is 21.3 Å². The van der Waals surface area contributed by atoms with E-state index in [1.165, 1.54) is 19.6 Å². The van der Waals surface area contributed by atoms with Gasteiger partial charge in [0.25, 0.3) is 5.91 Å². The zero-order valence-electron chi connectivity index (χ0n) is 13.1. The molecule has 0 unspecified atom stereocenters. The van der Waals surface area contributed by atoms with Crippen molar-refractivity contribution in [1.82, 2.24) is 10.6 Å². The zero-order valence-corrected chi connectivity index (χ0v) is 13.1. The van der Waals surface area contributed by atoms with Crippen LogP contribution in [0.1, 0.15) is 16.8 Å². The highest BCUT2D eigenvalue weighted by Crippen LogP contribution is 2.13. The summed E-state index contributed by atoms with van der Waals surface area (Å²) in [6.07, 6.45) is 2.88. The summed E-state index contributed by atoms with van der Waals surface area (Å²) in [5.74, 6) is -0.518. The van der Waals surface area contributed by atoms with Gasteiger partial charge in [-0.25, -0.2) is 4.79 Å². The van der Waals surface area contributed by atoms with Crippen molar-refractivity contribution < 1.29 is 18.8 Å². The van der Waals surface area contributed by atoms with Crippen LogP contribution in [0.15, 0.2) is 47.3 Å². The lowest BCUT2D eigenvalue weighted by Gasteiger charge is -2.08. The molecule has 1 aromatic heterocycles. The van der Waals surface area contributed by atoms with E-state index in [1.807, 2.05) is 0 Å². The number of furan rings is 1. The van der Waals surface area contributed by atoms with Crippen molar-refractivity contribution in [3.05, 3.63) is 48.4 Å². The Balaban J connectivity index is 1.74. The van der Waals surface area contributed by atoms with E-state index < -0.39 is 0 Å². The molecule has 8 nitrogen and oxygen atoms in total. The van der Waals surface area contributed by atoms with E-state index in [-0.39, 0.29) is 30.8 Å². The molecule has 0 aliphatic rings. The van der Waals surface area contributed by atoms with Crippen LogP contribution in [0.25, 0.3) is 0 Å². The normalized spacial score (nSPS) is 9.88. The van der Waals surface area contributed by atoms with Crippen LogP contribution in [0, 0.1) is 0 Å². The van der Waals surface area contributed by atoms with Gasteiger partial charge in [0.2, 0.25) is 5.91 Å². The summed E-state index contributed by atoms with van der Waals surface area (Å²) in [5.41, 5.74) is 1.62. The van der Waals surface area contributed by atoms with E-state index in [9.17, 15) is 14.4 Å². The molecule has 0 saturated carbocycles. The highest BCUT2D eigenvalue weighted by Gasteiger charge is 2.08. The Bertz CT molecular complexity index is 695. The van der Waals surface area contributed by atoms with Gasteiger partial charge in [0.1, 0.15) is 6.26 Å². The highest BCUT2D eigenvalue weighted by atomic mass is 16.3. The van der Waals surface area contributed by atoms with Crippen LogP contribution in [0.3, 0.4) is 0 Å². The molecule has 1 heterocycles. The summed E-state index contributed by atoms with van der Waals surface area (Å²) in [6.45, 7) is 0.214. The average Bonchev–Trinajstić information content (AvgIpc) is 3.11. The van der Waals surface area contributed by atoms with Crippen molar-refractivity contribution in [2.45, 2.75) is 6.42 Å². The lowest BCUT2D eigenvalue weighted by molar-refractivity contribution is -0.116. The fourth-order valence-corrected chi connectivity index (χ4v) is 1.84. The molecule has 2 rings (SSSR count). The quantitative estimate of drug-likeness (QED) is 0.647. The van der Waals surface area contributed by atoms with Crippen molar-refractivity contribution in [2.24, 2.45) is 0 Å². The molecule has 8 heteroatoms. The van der Waals surface area contributed by atoms with Crippen molar-refractivity contribution >= 4 is 29.2 Å². The number of amides is 4. The Morgan fingerprint density at radius 1 is 1.00 bits per heavy atom. The van der Waals surface area contributed by atoms with E-state index in [0.29, 0.717) is 16.9 Å². The van der Waals surface area contributed by atoms with Crippen molar-refractivity contribution in [1.29, 1.82) is 0 Å². The number of hydrogen-bond acceptors (Lipinski definition) is 4. The molecular formula is C16H18N4O4. The first-order valence-electron chi connectivity index (χ1n) is 7.27. The topological polar surface area (TPSA) is 112 Å². The Kier molecular flexibility index (Phi) is 5.95. The molecule has 0 radical (unpaired) electrons. The Labute approximate surface area is 138 Å². The smallest absolute Gasteiger partial charge is 0.318 e. The summed E-state index contributed by atoms with van der Waals surface area (Å²) in [7, 11) is 1.52. The van der Waals surface area contributed by atoms with Gasteiger partial charge in [0, 0.05) is 31.4 Å². The molecule has 4 N–H and O–H groups in total. The van der Waals surface area contributed by atoms with Crippen LogP contribution in [-0.4, -0.2) is 31.4 Å². The summed E-state index contributed by atoms with van der Waals surface area (Å²) >= 11 is 0. The third-order valence-corrected chi connectivity index (χ3v) is 3.07. The molecule has 0 aliphatic heterocycles. The second-order valence-corrected chi connectivity index (χ2v) is 4.85. The molecule has 0 aliphatic carbocycles. The second kappa shape index (κ2) is 8.37. The minimum atomic E-state index is -0.319. The van der Waals surface area contributed by atoms with Crippen LogP contribution >= 0.6 is 0 Å². The van der Waals surface area contributed by atoms with Gasteiger partial charge in [0.15, 0.2) is 0 Å². The van der Waals surface area contributed by atoms with Gasteiger partial charge in [-0.1, -0.05) is 0 Å². The van der Waals surface area contributed by atoms with E-state index in [0.717, 1.165) is 0 Å². The number of rotatable bonds is 6. The lowest BCUT2D eigenvalue weighted by Crippen LogP contribution is -2.27. The number of urea groups is 1. The van der Waals surface area contributed by atoms with E-state index in [1.54, 1.807) is 30.3 Å². The van der Waals surface area contributed by atoms with Gasteiger partial charge in [0.05, 0.1) is 11.8 Å². The third kappa shape index (κ3) is 5.16. The SMILES string of the molecule is CNC(=O)Nc1ccc(NC(=O)CCNC(=O)c2ccoc2)cc1. The summed E-state index contributed by atoms with van der Waals surface area (Å²) in [5, 5.41) is 10.4. The molecule has 0 atom stereocenters. The molecule has 0 bridgehead atoms. The number of carbonyl (C=O) groups excluding carboxylic acids is 3. The first-order chi connectivity index (χ1) is 11.6. The fraction of sp³-hybridized carbons (Fsp3) is 0.188. The maximum atomic E-state index is 11.8. The number of hydrogen-bond donors (Lipinski definition) is 4. The standard InChI is InChI=1S/C16H18N4O4/c1-17-16(23)20-13-4-2-12(3-5-13)19-14(21)6-8-18-15(22)11-7-9-24-10-11/h2-5,7,9-10H,6,8H2,1H3,(H,18,22)(H,19,21)(H2,17,20,23). The largest absolute Gasteiger partial charge is 0.472 e. The van der Waals surface area contributed by atoms with Crippen LogP contribution < -0.4 is 21.3 Å². The number of carbonyl (C=O) groups is 3. The molecule has 2 aromatic rings. The summed E-state index contributed by atoms with van der Waals surface area (Å²) in [4.78, 5) is 34.7. The molecule has 4 amide bonds. The lowest BCUT2D eigenvalue weighted by atomic mass is 10.2. The number of nitrogens with one attached hydrogen (secondary N) is 4. The molecule has 0 spiro atoms. The van der Waals surface area contributed by atoms with Gasteiger partial charge in [-0.05, 0) is 30.3 Å². The minimum Gasteiger partial charge on any atom is -0.472 e. The van der Waals surface area contributed by atoms with Crippen LogP contribution in [0.4, 0.5) is 16.2 Å². The molecular weight excluding hydrogens is 312 g/mol. The molecule has 126 valence electrons. The maximum absolute atomic E-state index is 11.8. The molecule has 0 fully saturated rings. The highest BCUT2D eigenvalue weighted by molar-refractivity contribution is 5.95. The van der Waals surface area contributed by atoms with Gasteiger partial charge in [-0.2, -0.15) is 0 Å².